The van der Waals surface area contributed by atoms with Crippen LogP contribution in [0.25, 0.3) is 0 Å². The number of epoxide rings is 1. The molecule has 0 unspecified atom stereocenters. The van der Waals surface area contributed by atoms with Gasteiger partial charge in [0.05, 0.1) is 7.11 Å². The number of hydrogen-bond donors (Lipinski definition) is 0. The highest BCUT2D eigenvalue weighted by Gasteiger charge is 2.59. The Morgan fingerprint density at radius 3 is 2.53 bits per heavy atom. The molecule has 0 aliphatic carbocycles. The second-order valence-corrected chi connectivity index (χ2v) is 3.99. The van der Waals surface area contributed by atoms with E-state index in [-0.39, 0.29) is 5.97 Å². The van der Waals surface area contributed by atoms with Gasteiger partial charge in [0.2, 0.25) is 0 Å². The fourth-order valence-corrected chi connectivity index (χ4v) is 1.69. The van der Waals surface area contributed by atoms with Crippen molar-refractivity contribution in [3.8, 4) is 0 Å². The predicted octanol–water partition coefficient (Wildman–Crippen LogP) is 1.78. The number of carbonyl (C=O) groups excluding carboxylic acids is 1. The first-order valence-corrected chi connectivity index (χ1v) is 4.91. The van der Waals surface area contributed by atoms with Gasteiger partial charge in [-0.15, -0.1) is 0 Å². The second kappa shape index (κ2) is 3.35. The fourth-order valence-electron chi connectivity index (χ4n) is 1.69. The summed E-state index contributed by atoms with van der Waals surface area (Å²) in [5, 5.41) is 0. The lowest BCUT2D eigenvalue weighted by Crippen LogP contribution is -2.17. The van der Waals surface area contributed by atoms with E-state index < -0.39 is 11.7 Å². The zero-order chi connectivity index (χ0) is 11.1. The van der Waals surface area contributed by atoms with E-state index >= 15 is 0 Å². The smallest absolute Gasteiger partial charge is 0.338 e. The van der Waals surface area contributed by atoms with Crippen LogP contribution in [0.3, 0.4) is 0 Å². The van der Waals surface area contributed by atoms with Crippen molar-refractivity contribution in [3.63, 3.8) is 0 Å². The third kappa shape index (κ3) is 1.63. The lowest BCUT2D eigenvalue weighted by Gasteiger charge is -2.06. The molecule has 1 saturated heterocycles. The van der Waals surface area contributed by atoms with E-state index in [2.05, 4.69) is 4.74 Å². The van der Waals surface area contributed by atoms with Crippen molar-refractivity contribution in [2.45, 2.75) is 25.6 Å². The summed E-state index contributed by atoms with van der Waals surface area (Å²) in [4.78, 5) is 11.3. The van der Waals surface area contributed by atoms with Crippen LogP contribution < -0.4 is 0 Å². The van der Waals surface area contributed by atoms with Gasteiger partial charge >= 0.3 is 5.97 Å². The minimum atomic E-state index is -0.499. The van der Waals surface area contributed by atoms with E-state index in [9.17, 15) is 4.79 Å². The second-order valence-electron chi connectivity index (χ2n) is 3.99. The van der Waals surface area contributed by atoms with E-state index in [4.69, 9.17) is 4.74 Å². The van der Waals surface area contributed by atoms with Crippen molar-refractivity contribution in [3.05, 3.63) is 35.4 Å². The molecule has 1 aliphatic rings. The standard InChI is InChI=1S/C12H14O3/c1-8-4-6-9(7-5-8)12(2)10(15-12)11(13)14-3/h4-7,10H,1-3H3/t10-,12-/m0/s1. The molecular formula is C12H14O3. The van der Waals surface area contributed by atoms with Crippen molar-refractivity contribution < 1.29 is 14.3 Å². The third-order valence-corrected chi connectivity index (χ3v) is 2.85. The molecule has 1 aromatic carbocycles. The summed E-state index contributed by atoms with van der Waals surface area (Å²) >= 11 is 0. The molecule has 0 saturated carbocycles. The van der Waals surface area contributed by atoms with Gasteiger partial charge in [0.1, 0.15) is 5.60 Å². The van der Waals surface area contributed by atoms with Crippen LogP contribution in [-0.4, -0.2) is 19.2 Å². The van der Waals surface area contributed by atoms with Crippen molar-refractivity contribution in [1.29, 1.82) is 0 Å². The van der Waals surface area contributed by atoms with Crippen molar-refractivity contribution in [2.24, 2.45) is 0 Å². The quantitative estimate of drug-likeness (QED) is 0.547. The van der Waals surface area contributed by atoms with Gasteiger partial charge in [0.15, 0.2) is 6.10 Å². The van der Waals surface area contributed by atoms with Crippen molar-refractivity contribution in [2.75, 3.05) is 7.11 Å². The largest absolute Gasteiger partial charge is 0.467 e. The fraction of sp³-hybridized carbons (Fsp3) is 0.417. The summed E-state index contributed by atoms with van der Waals surface area (Å²) in [7, 11) is 1.37. The zero-order valence-corrected chi connectivity index (χ0v) is 9.11. The number of rotatable bonds is 2. The van der Waals surface area contributed by atoms with Gasteiger partial charge in [-0.1, -0.05) is 29.8 Å². The molecule has 0 radical (unpaired) electrons. The summed E-state index contributed by atoms with van der Waals surface area (Å²) in [5.41, 5.74) is 1.71. The number of benzene rings is 1. The Hall–Kier alpha value is -1.35. The number of esters is 1. The van der Waals surface area contributed by atoms with Gasteiger partial charge in [-0.3, -0.25) is 0 Å². The summed E-state index contributed by atoms with van der Waals surface area (Å²) in [5.74, 6) is -0.307. The minimum absolute atomic E-state index is 0.307. The molecule has 2 atom stereocenters. The summed E-state index contributed by atoms with van der Waals surface area (Å²) in [6, 6.07) is 7.99. The van der Waals surface area contributed by atoms with E-state index in [0.29, 0.717) is 0 Å². The van der Waals surface area contributed by atoms with Crippen LogP contribution in [0.4, 0.5) is 0 Å². The Labute approximate surface area is 89.0 Å². The van der Waals surface area contributed by atoms with Crippen LogP contribution in [0.15, 0.2) is 24.3 Å². The highest BCUT2D eigenvalue weighted by atomic mass is 16.6. The Balaban J connectivity index is 2.19. The van der Waals surface area contributed by atoms with Gasteiger partial charge in [-0.25, -0.2) is 4.79 Å². The van der Waals surface area contributed by atoms with E-state index in [1.54, 1.807) is 0 Å². The molecular weight excluding hydrogens is 192 g/mol. The molecule has 1 aliphatic heterocycles. The summed E-state index contributed by atoms with van der Waals surface area (Å²) in [6.07, 6.45) is -0.454. The van der Waals surface area contributed by atoms with E-state index in [1.165, 1.54) is 12.7 Å². The van der Waals surface area contributed by atoms with Crippen LogP contribution in [-0.2, 0) is 19.9 Å². The van der Waals surface area contributed by atoms with E-state index in [1.807, 2.05) is 38.1 Å². The first-order valence-electron chi connectivity index (χ1n) is 4.91. The average Bonchev–Trinajstić information content (AvgIpc) is 2.92. The predicted molar refractivity (Wildman–Crippen MR) is 55.4 cm³/mol. The Bertz CT molecular complexity index is 382. The van der Waals surface area contributed by atoms with E-state index in [0.717, 1.165) is 5.56 Å². The average molecular weight is 206 g/mol. The molecule has 2 rings (SSSR count). The van der Waals surface area contributed by atoms with Gasteiger partial charge in [-0.05, 0) is 19.4 Å². The molecule has 0 amide bonds. The molecule has 3 nitrogen and oxygen atoms in total. The Morgan fingerprint density at radius 1 is 1.40 bits per heavy atom. The molecule has 1 aromatic rings. The molecule has 1 fully saturated rings. The Kier molecular flexibility index (Phi) is 2.27. The number of aryl methyl sites for hydroxylation is 1. The Morgan fingerprint density at radius 2 is 2.00 bits per heavy atom. The van der Waals surface area contributed by atoms with Gasteiger partial charge in [0.25, 0.3) is 0 Å². The molecule has 0 N–H and O–H groups in total. The van der Waals surface area contributed by atoms with Crippen LogP contribution in [0, 0.1) is 6.92 Å². The number of carbonyl (C=O) groups is 1. The SMILES string of the molecule is COC(=O)[C@@H]1O[C@@]1(C)c1ccc(C)cc1. The lowest BCUT2D eigenvalue weighted by atomic mass is 9.96. The van der Waals surface area contributed by atoms with Crippen molar-refractivity contribution >= 4 is 5.97 Å². The lowest BCUT2D eigenvalue weighted by molar-refractivity contribution is -0.142. The number of methoxy groups -OCH3 is 1. The summed E-state index contributed by atoms with van der Waals surface area (Å²) < 4.78 is 10.1. The maximum atomic E-state index is 11.3. The molecule has 0 spiro atoms. The molecule has 0 bridgehead atoms. The maximum absolute atomic E-state index is 11.3. The van der Waals surface area contributed by atoms with Crippen LogP contribution in [0.2, 0.25) is 0 Å². The zero-order valence-electron chi connectivity index (χ0n) is 9.11. The van der Waals surface area contributed by atoms with Crippen LogP contribution >= 0.6 is 0 Å². The minimum Gasteiger partial charge on any atom is -0.467 e. The molecule has 15 heavy (non-hydrogen) atoms. The highest BCUT2D eigenvalue weighted by Crippen LogP contribution is 2.46. The van der Waals surface area contributed by atoms with Crippen LogP contribution in [0.1, 0.15) is 18.1 Å². The normalized spacial score (nSPS) is 28.6. The van der Waals surface area contributed by atoms with Gasteiger partial charge < -0.3 is 9.47 Å². The maximum Gasteiger partial charge on any atom is 0.338 e. The molecule has 0 aromatic heterocycles. The third-order valence-electron chi connectivity index (χ3n) is 2.85. The molecule has 3 heteroatoms. The summed E-state index contributed by atoms with van der Waals surface area (Å²) in [6.45, 7) is 3.93. The first kappa shape index (κ1) is 10.2. The first-order chi connectivity index (χ1) is 7.08. The van der Waals surface area contributed by atoms with Crippen LogP contribution in [0.5, 0.6) is 0 Å². The molecule has 1 heterocycles. The van der Waals surface area contributed by atoms with Crippen molar-refractivity contribution in [1.82, 2.24) is 0 Å². The molecule has 80 valence electrons. The van der Waals surface area contributed by atoms with Gasteiger partial charge in [-0.2, -0.15) is 0 Å². The number of ether oxygens (including phenoxy) is 2. The topological polar surface area (TPSA) is 38.8 Å². The number of hydrogen-bond acceptors (Lipinski definition) is 3. The highest BCUT2D eigenvalue weighted by molar-refractivity contribution is 5.79. The van der Waals surface area contributed by atoms with Gasteiger partial charge in [0, 0.05) is 0 Å². The monoisotopic (exact) mass is 206 g/mol.